The van der Waals surface area contributed by atoms with E-state index < -0.39 is 0 Å². The third-order valence-electron chi connectivity index (χ3n) is 3.50. The van der Waals surface area contributed by atoms with Crippen LogP contribution in [0.25, 0.3) is 21.5 Å². The van der Waals surface area contributed by atoms with Gasteiger partial charge >= 0.3 is 0 Å². The van der Waals surface area contributed by atoms with Gasteiger partial charge in [0.1, 0.15) is 5.75 Å². The molecule has 2 aromatic rings. The van der Waals surface area contributed by atoms with Crippen LogP contribution in [0.3, 0.4) is 0 Å². The quantitative estimate of drug-likeness (QED) is 0.324. The van der Waals surface area contributed by atoms with E-state index in [0.717, 1.165) is 36.7 Å². The zero-order valence-electron chi connectivity index (χ0n) is 12.6. The highest BCUT2D eigenvalue weighted by Crippen LogP contribution is 2.17. The van der Waals surface area contributed by atoms with Gasteiger partial charge in [-0.3, -0.25) is 9.78 Å². The normalized spacial score (nSPS) is 10.4. The first-order chi connectivity index (χ1) is 10.8. The zero-order chi connectivity index (χ0) is 15.8. The summed E-state index contributed by atoms with van der Waals surface area (Å²) in [6, 6.07) is 5.11. The molecule has 22 heavy (non-hydrogen) atoms. The summed E-state index contributed by atoms with van der Waals surface area (Å²) in [5, 5.41) is 3.50. The maximum absolute atomic E-state index is 12.1. The Morgan fingerprint density at radius 2 is 2.14 bits per heavy atom. The van der Waals surface area contributed by atoms with Crippen LogP contribution in [0.1, 0.15) is 25.7 Å². The van der Waals surface area contributed by atoms with Crippen molar-refractivity contribution in [1.82, 2.24) is 9.55 Å². The number of unbranched alkanes of at least 4 members (excludes halogenated alkanes) is 3. The number of rotatable bonds is 8. The average Bonchev–Trinajstić information content (AvgIpc) is 2.55. The maximum atomic E-state index is 12.1. The van der Waals surface area contributed by atoms with Crippen molar-refractivity contribution in [2.75, 3.05) is 13.7 Å². The van der Waals surface area contributed by atoms with Crippen molar-refractivity contribution in [2.24, 2.45) is 5.11 Å². The maximum Gasteiger partial charge on any atom is 0.251 e. The molecule has 2 rings (SSSR count). The topological polar surface area (TPSA) is 92.9 Å². The van der Waals surface area contributed by atoms with Gasteiger partial charge in [-0.05, 0) is 24.4 Å². The van der Waals surface area contributed by atoms with Crippen LogP contribution in [0, 0.1) is 0 Å². The van der Waals surface area contributed by atoms with E-state index in [4.69, 9.17) is 10.3 Å². The lowest BCUT2D eigenvalue weighted by atomic mass is 10.2. The van der Waals surface area contributed by atoms with E-state index in [-0.39, 0.29) is 5.56 Å². The first-order valence-electron chi connectivity index (χ1n) is 7.30. The molecule has 7 nitrogen and oxygen atoms in total. The standard InChI is InChI=1S/C15H19N5O2/c1-22-12-10-14-13(17-11-12)6-7-15(21)20(14)9-5-3-2-4-8-18-19-16/h6-7,10-11H,2-5,8-9H2,1H3. The molecular formula is C15H19N5O2. The molecule has 2 heterocycles. The van der Waals surface area contributed by atoms with Crippen LogP contribution in [-0.2, 0) is 6.54 Å². The minimum Gasteiger partial charge on any atom is -0.495 e. The third-order valence-corrected chi connectivity index (χ3v) is 3.50. The number of nitrogens with zero attached hydrogens (tertiary/aromatic N) is 5. The Morgan fingerprint density at radius 1 is 1.32 bits per heavy atom. The first-order valence-corrected chi connectivity index (χ1v) is 7.30. The second-order valence-electron chi connectivity index (χ2n) is 4.97. The van der Waals surface area contributed by atoms with Gasteiger partial charge in [0.2, 0.25) is 0 Å². The van der Waals surface area contributed by atoms with Crippen molar-refractivity contribution < 1.29 is 4.74 Å². The molecule has 0 aliphatic carbocycles. The average molecular weight is 301 g/mol. The van der Waals surface area contributed by atoms with E-state index in [0.29, 0.717) is 18.8 Å². The molecule has 0 amide bonds. The Hall–Kier alpha value is -2.53. The van der Waals surface area contributed by atoms with Crippen molar-refractivity contribution in [3.63, 3.8) is 0 Å². The first kappa shape index (κ1) is 15.9. The van der Waals surface area contributed by atoms with Gasteiger partial charge in [0.15, 0.2) is 0 Å². The highest BCUT2D eigenvalue weighted by atomic mass is 16.5. The van der Waals surface area contributed by atoms with Crippen LogP contribution in [0.4, 0.5) is 0 Å². The lowest BCUT2D eigenvalue weighted by molar-refractivity contribution is 0.413. The number of ether oxygens (including phenoxy) is 1. The van der Waals surface area contributed by atoms with Gasteiger partial charge in [0.25, 0.3) is 5.56 Å². The lowest BCUT2D eigenvalue weighted by Gasteiger charge is -2.10. The predicted molar refractivity (Wildman–Crippen MR) is 85.0 cm³/mol. The second-order valence-corrected chi connectivity index (χ2v) is 4.97. The van der Waals surface area contributed by atoms with Crippen LogP contribution in [-0.4, -0.2) is 23.2 Å². The number of fused-ring (bicyclic) bond motifs is 1. The Labute approximate surface area is 128 Å². The third kappa shape index (κ3) is 3.99. The fraction of sp³-hybridized carbons (Fsp3) is 0.467. The molecule has 7 heteroatoms. The molecule has 0 aliphatic rings. The van der Waals surface area contributed by atoms with E-state index in [2.05, 4.69) is 15.0 Å². The summed E-state index contributed by atoms with van der Waals surface area (Å²) in [5.74, 6) is 0.640. The van der Waals surface area contributed by atoms with Gasteiger partial charge in [-0.15, -0.1) is 0 Å². The smallest absolute Gasteiger partial charge is 0.251 e. The fourth-order valence-electron chi connectivity index (χ4n) is 2.34. The Kier molecular flexibility index (Phi) is 5.80. The van der Waals surface area contributed by atoms with E-state index in [9.17, 15) is 4.79 Å². The van der Waals surface area contributed by atoms with Crippen molar-refractivity contribution in [1.29, 1.82) is 0 Å². The zero-order valence-corrected chi connectivity index (χ0v) is 12.6. The van der Waals surface area contributed by atoms with Crippen molar-refractivity contribution >= 4 is 11.0 Å². The van der Waals surface area contributed by atoms with Crippen molar-refractivity contribution in [2.45, 2.75) is 32.2 Å². The molecule has 0 radical (unpaired) electrons. The summed E-state index contributed by atoms with van der Waals surface area (Å²) in [4.78, 5) is 19.1. The van der Waals surface area contributed by atoms with Gasteiger partial charge in [0, 0.05) is 30.1 Å². The van der Waals surface area contributed by atoms with Gasteiger partial charge in [-0.25, -0.2) is 0 Å². The monoisotopic (exact) mass is 301 g/mol. The highest BCUT2D eigenvalue weighted by Gasteiger charge is 2.05. The number of hydrogen-bond acceptors (Lipinski definition) is 4. The van der Waals surface area contributed by atoms with E-state index >= 15 is 0 Å². The molecule has 0 atom stereocenters. The molecule has 0 saturated heterocycles. The van der Waals surface area contributed by atoms with Crippen LogP contribution in [0.5, 0.6) is 5.75 Å². The molecule has 0 spiro atoms. The van der Waals surface area contributed by atoms with E-state index in [1.165, 1.54) is 0 Å². The Balaban J connectivity index is 2.04. The minimum atomic E-state index is -0.0309. The highest BCUT2D eigenvalue weighted by molar-refractivity contribution is 5.75. The van der Waals surface area contributed by atoms with Crippen molar-refractivity contribution in [3.8, 4) is 5.75 Å². The van der Waals surface area contributed by atoms with Crippen molar-refractivity contribution in [3.05, 3.63) is 45.2 Å². The van der Waals surface area contributed by atoms with E-state index in [1.54, 1.807) is 30.0 Å². The van der Waals surface area contributed by atoms with Gasteiger partial charge in [-0.1, -0.05) is 18.0 Å². The Morgan fingerprint density at radius 3 is 2.91 bits per heavy atom. The predicted octanol–water partition coefficient (Wildman–Crippen LogP) is 3.28. The minimum absolute atomic E-state index is 0.0309. The van der Waals surface area contributed by atoms with Crippen LogP contribution < -0.4 is 10.3 Å². The second kappa shape index (κ2) is 8.05. The Bertz CT molecular complexity index is 734. The summed E-state index contributed by atoms with van der Waals surface area (Å²) < 4.78 is 6.91. The fourth-order valence-corrected chi connectivity index (χ4v) is 2.34. The molecule has 0 aliphatic heterocycles. The van der Waals surface area contributed by atoms with Gasteiger partial charge in [-0.2, -0.15) is 0 Å². The van der Waals surface area contributed by atoms with Crippen LogP contribution in [0.15, 0.2) is 34.3 Å². The molecule has 2 aromatic heterocycles. The number of azide groups is 1. The number of hydrogen-bond donors (Lipinski definition) is 0. The van der Waals surface area contributed by atoms with Crippen LogP contribution >= 0.6 is 0 Å². The molecule has 0 bridgehead atoms. The molecule has 0 saturated carbocycles. The van der Waals surface area contributed by atoms with Crippen LogP contribution in [0.2, 0.25) is 0 Å². The molecule has 116 valence electrons. The number of aryl methyl sites for hydroxylation is 1. The molecule has 0 unspecified atom stereocenters. The summed E-state index contributed by atoms with van der Waals surface area (Å²) in [5.41, 5.74) is 9.74. The van der Waals surface area contributed by atoms with Gasteiger partial charge in [0.05, 0.1) is 24.3 Å². The number of methoxy groups -OCH3 is 1. The number of pyridine rings is 2. The molecule has 0 fully saturated rings. The SMILES string of the molecule is COc1cnc2ccc(=O)n(CCCCCCN=[N+]=[N-])c2c1. The molecule has 0 aromatic carbocycles. The largest absolute Gasteiger partial charge is 0.495 e. The van der Waals surface area contributed by atoms with E-state index in [1.807, 2.05) is 6.07 Å². The van der Waals surface area contributed by atoms with Gasteiger partial charge < -0.3 is 9.30 Å². The molecule has 0 N–H and O–H groups in total. The summed E-state index contributed by atoms with van der Waals surface area (Å²) in [6.07, 6.45) is 5.39. The lowest BCUT2D eigenvalue weighted by Crippen LogP contribution is -2.19. The summed E-state index contributed by atoms with van der Waals surface area (Å²) >= 11 is 0. The molecular weight excluding hydrogens is 282 g/mol. The number of aromatic nitrogens is 2. The summed E-state index contributed by atoms with van der Waals surface area (Å²) in [7, 11) is 1.58. The summed E-state index contributed by atoms with van der Waals surface area (Å²) in [6.45, 7) is 1.18.